The molecule has 1 fully saturated rings. The molecule has 1 aliphatic heterocycles. The van der Waals surface area contributed by atoms with Gasteiger partial charge in [-0.2, -0.15) is 4.31 Å². The van der Waals surface area contributed by atoms with Crippen molar-refractivity contribution in [3.05, 3.63) is 69.8 Å². The van der Waals surface area contributed by atoms with Crippen molar-refractivity contribution in [1.82, 2.24) is 4.31 Å². The van der Waals surface area contributed by atoms with Crippen molar-refractivity contribution in [1.29, 1.82) is 0 Å². The quantitative estimate of drug-likeness (QED) is 0.593. The van der Waals surface area contributed by atoms with E-state index in [4.69, 9.17) is 0 Å². The summed E-state index contributed by atoms with van der Waals surface area (Å²) in [5.41, 5.74) is 1.84. The molecule has 1 saturated heterocycles. The first kappa shape index (κ1) is 18.5. The predicted molar refractivity (Wildman–Crippen MR) is 99.4 cm³/mol. The third-order valence-corrected chi connectivity index (χ3v) is 6.67. The van der Waals surface area contributed by atoms with E-state index in [1.165, 1.54) is 22.5 Å². The Balaban J connectivity index is 2.04. The molecule has 0 N–H and O–H groups in total. The van der Waals surface area contributed by atoms with E-state index in [0.717, 1.165) is 42.9 Å². The number of sulfonamides is 1. The molecule has 26 heavy (non-hydrogen) atoms. The standard InChI is InChI=1S/C19H22N2O4S/c1-15-7-5-8-16(13-15)19-11-3-2-4-12-20(19)26(24,25)18-10-6-9-17(14-18)21(22)23/h5-10,13-14,19H,2-4,11-12H2,1H3/t19-/m0/s1. The molecule has 2 aromatic carbocycles. The second kappa shape index (κ2) is 7.55. The van der Waals surface area contributed by atoms with Crippen LogP contribution < -0.4 is 0 Å². The summed E-state index contributed by atoms with van der Waals surface area (Å²) >= 11 is 0. The number of nitro benzene ring substituents is 1. The van der Waals surface area contributed by atoms with Gasteiger partial charge in [-0.25, -0.2) is 8.42 Å². The zero-order valence-corrected chi connectivity index (χ0v) is 15.5. The fraction of sp³-hybridized carbons (Fsp3) is 0.368. The van der Waals surface area contributed by atoms with E-state index in [1.807, 2.05) is 31.2 Å². The van der Waals surface area contributed by atoms with Crippen LogP contribution in [0.25, 0.3) is 0 Å². The molecular formula is C19H22N2O4S. The molecule has 0 radical (unpaired) electrons. The van der Waals surface area contributed by atoms with Crippen molar-refractivity contribution in [2.24, 2.45) is 0 Å². The molecular weight excluding hydrogens is 352 g/mol. The van der Waals surface area contributed by atoms with Crippen LogP contribution in [0, 0.1) is 17.0 Å². The summed E-state index contributed by atoms with van der Waals surface area (Å²) in [6, 6.07) is 13.0. The van der Waals surface area contributed by atoms with E-state index in [0.29, 0.717) is 6.54 Å². The Kier molecular flexibility index (Phi) is 5.38. The summed E-state index contributed by atoms with van der Waals surface area (Å²) in [4.78, 5) is 10.4. The van der Waals surface area contributed by atoms with Gasteiger partial charge >= 0.3 is 0 Å². The Morgan fingerprint density at radius 1 is 1.08 bits per heavy atom. The molecule has 7 heteroatoms. The molecule has 3 rings (SSSR count). The van der Waals surface area contributed by atoms with Gasteiger partial charge in [-0.05, 0) is 31.4 Å². The van der Waals surface area contributed by atoms with E-state index >= 15 is 0 Å². The van der Waals surface area contributed by atoms with Gasteiger partial charge in [0.1, 0.15) is 0 Å². The van der Waals surface area contributed by atoms with Gasteiger partial charge in [0.25, 0.3) is 5.69 Å². The Hall–Kier alpha value is -2.25. The molecule has 0 saturated carbocycles. The van der Waals surface area contributed by atoms with Crippen LogP contribution in [0.1, 0.15) is 42.9 Å². The zero-order chi connectivity index (χ0) is 18.7. The maximum absolute atomic E-state index is 13.3. The van der Waals surface area contributed by atoms with E-state index in [1.54, 1.807) is 0 Å². The maximum atomic E-state index is 13.3. The fourth-order valence-corrected chi connectivity index (χ4v) is 5.20. The molecule has 1 atom stereocenters. The highest BCUT2D eigenvalue weighted by atomic mass is 32.2. The fourth-order valence-electron chi connectivity index (χ4n) is 3.47. The van der Waals surface area contributed by atoms with Crippen molar-refractivity contribution >= 4 is 15.7 Å². The van der Waals surface area contributed by atoms with Gasteiger partial charge in [0, 0.05) is 18.7 Å². The van der Waals surface area contributed by atoms with Crippen LogP contribution in [0.15, 0.2) is 53.4 Å². The minimum atomic E-state index is -3.82. The number of non-ortho nitro benzene ring substituents is 1. The number of rotatable bonds is 4. The van der Waals surface area contributed by atoms with Crippen LogP contribution in [0.3, 0.4) is 0 Å². The highest BCUT2D eigenvalue weighted by Crippen LogP contribution is 2.35. The second-order valence-electron chi connectivity index (χ2n) is 6.65. The Morgan fingerprint density at radius 2 is 1.85 bits per heavy atom. The van der Waals surface area contributed by atoms with Gasteiger partial charge < -0.3 is 0 Å². The van der Waals surface area contributed by atoms with Crippen molar-refractivity contribution in [2.45, 2.75) is 43.5 Å². The second-order valence-corrected chi connectivity index (χ2v) is 8.54. The van der Waals surface area contributed by atoms with Crippen molar-refractivity contribution in [2.75, 3.05) is 6.54 Å². The lowest BCUT2D eigenvalue weighted by Crippen LogP contribution is -2.34. The van der Waals surface area contributed by atoms with Crippen LogP contribution in [-0.4, -0.2) is 24.2 Å². The molecule has 1 aliphatic rings. The van der Waals surface area contributed by atoms with Crippen LogP contribution >= 0.6 is 0 Å². The molecule has 0 amide bonds. The third kappa shape index (κ3) is 3.78. The van der Waals surface area contributed by atoms with Gasteiger partial charge in [-0.1, -0.05) is 48.7 Å². The number of hydrogen-bond acceptors (Lipinski definition) is 4. The molecule has 0 unspecified atom stereocenters. The molecule has 1 heterocycles. The smallest absolute Gasteiger partial charge is 0.258 e. The van der Waals surface area contributed by atoms with Crippen LogP contribution in [0.2, 0.25) is 0 Å². The van der Waals surface area contributed by atoms with E-state index in [-0.39, 0.29) is 16.6 Å². The topological polar surface area (TPSA) is 80.5 Å². The lowest BCUT2D eigenvalue weighted by atomic mass is 10.0. The summed E-state index contributed by atoms with van der Waals surface area (Å²) in [6.07, 6.45) is 3.47. The highest BCUT2D eigenvalue weighted by Gasteiger charge is 2.34. The average molecular weight is 374 g/mol. The molecule has 0 bridgehead atoms. The van der Waals surface area contributed by atoms with Gasteiger partial charge in [0.15, 0.2) is 0 Å². The van der Waals surface area contributed by atoms with Crippen LogP contribution in [0.5, 0.6) is 0 Å². The molecule has 138 valence electrons. The maximum Gasteiger partial charge on any atom is 0.270 e. The van der Waals surface area contributed by atoms with Crippen LogP contribution in [0.4, 0.5) is 5.69 Å². The SMILES string of the molecule is Cc1cccc([C@@H]2CCCCCN2S(=O)(=O)c2cccc([N+](=O)[O-])c2)c1. The first-order valence-electron chi connectivity index (χ1n) is 8.72. The normalized spacial score (nSPS) is 19.0. The summed E-state index contributed by atoms with van der Waals surface area (Å²) in [7, 11) is -3.82. The van der Waals surface area contributed by atoms with E-state index in [2.05, 4.69) is 0 Å². The summed E-state index contributed by atoms with van der Waals surface area (Å²) in [5, 5.41) is 11.0. The first-order chi connectivity index (χ1) is 12.4. The van der Waals surface area contributed by atoms with Crippen molar-refractivity contribution in [3.8, 4) is 0 Å². The minimum Gasteiger partial charge on any atom is -0.258 e. The molecule has 2 aromatic rings. The zero-order valence-electron chi connectivity index (χ0n) is 14.7. The highest BCUT2D eigenvalue weighted by molar-refractivity contribution is 7.89. The van der Waals surface area contributed by atoms with Gasteiger partial charge in [-0.3, -0.25) is 10.1 Å². The summed E-state index contributed by atoms with van der Waals surface area (Å²) < 4.78 is 28.1. The molecule has 6 nitrogen and oxygen atoms in total. The molecule has 0 aromatic heterocycles. The number of benzene rings is 2. The van der Waals surface area contributed by atoms with E-state index < -0.39 is 14.9 Å². The Bertz CT molecular complexity index is 911. The van der Waals surface area contributed by atoms with Crippen molar-refractivity contribution < 1.29 is 13.3 Å². The number of aryl methyl sites for hydroxylation is 1. The van der Waals surface area contributed by atoms with Gasteiger partial charge in [0.2, 0.25) is 10.0 Å². The van der Waals surface area contributed by atoms with Gasteiger partial charge in [-0.15, -0.1) is 0 Å². The Morgan fingerprint density at radius 3 is 2.58 bits per heavy atom. The molecule has 0 aliphatic carbocycles. The minimum absolute atomic E-state index is 0.0220. The number of nitro groups is 1. The largest absolute Gasteiger partial charge is 0.270 e. The first-order valence-corrected chi connectivity index (χ1v) is 10.2. The number of hydrogen-bond donors (Lipinski definition) is 0. The lowest BCUT2D eigenvalue weighted by molar-refractivity contribution is -0.385. The van der Waals surface area contributed by atoms with Crippen LogP contribution in [-0.2, 0) is 10.0 Å². The average Bonchev–Trinajstić information content (AvgIpc) is 2.88. The number of nitrogens with zero attached hydrogens (tertiary/aromatic N) is 2. The predicted octanol–water partition coefficient (Wildman–Crippen LogP) is 4.21. The van der Waals surface area contributed by atoms with Crippen molar-refractivity contribution in [3.63, 3.8) is 0 Å². The summed E-state index contributed by atoms with van der Waals surface area (Å²) in [6.45, 7) is 2.41. The van der Waals surface area contributed by atoms with E-state index in [9.17, 15) is 18.5 Å². The third-order valence-electron chi connectivity index (χ3n) is 4.77. The Labute approximate surface area is 153 Å². The lowest BCUT2D eigenvalue weighted by Gasteiger charge is -2.29. The van der Waals surface area contributed by atoms with Gasteiger partial charge in [0.05, 0.1) is 15.9 Å². The monoisotopic (exact) mass is 374 g/mol. The molecule has 0 spiro atoms. The summed E-state index contributed by atoms with van der Waals surface area (Å²) in [5.74, 6) is 0.